The standard InChI is InChI=1S/C20H23N3O3S2/c1-4-10-22(19-9-11-28(25,26)14-19)12-17-13-27-20(21-17)23(16(3)24)18-7-5-15(2)6-8-18/h1,5-8,13,19H,9-12,14H2,2-3H3. The molecule has 0 N–H and O–H groups in total. The third kappa shape index (κ3) is 4.79. The number of carbonyl (C=O) groups excluding carboxylic acids is 1. The second kappa shape index (κ2) is 8.43. The molecule has 2 heterocycles. The first-order chi connectivity index (χ1) is 13.3. The summed E-state index contributed by atoms with van der Waals surface area (Å²) in [6.45, 7) is 4.32. The van der Waals surface area contributed by atoms with Crippen molar-refractivity contribution in [1.82, 2.24) is 9.88 Å². The van der Waals surface area contributed by atoms with Gasteiger partial charge in [-0.05, 0) is 25.5 Å². The molecule has 0 saturated carbocycles. The molecule has 0 aliphatic carbocycles. The lowest BCUT2D eigenvalue weighted by Crippen LogP contribution is -2.36. The van der Waals surface area contributed by atoms with Crippen molar-refractivity contribution in [2.75, 3.05) is 23.0 Å². The molecule has 1 aliphatic rings. The normalized spacial score (nSPS) is 18.1. The van der Waals surface area contributed by atoms with Crippen LogP contribution in [0, 0.1) is 19.3 Å². The Kier molecular flexibility index (Phi) is 6.18. The van der Waals surface area contributed by atoms with Gasteiger partial charge in [0.25, 0.3) is 0 Å². The van der Waals surface area contributed by atoms with E-state index in [2.05, 4.69) is 10.9 Å². The molecule has 1 atom stereocenters. The minimum absolute atomic E-state index is 0.0905. The molecule has 28 heavy (non-hydrogen) atoms. The molecule has 1 unspecified atom stereocenters. The molecular weight excluding hydrogens is 394 g/mol. The molecule has 1 fully saturated rings. The maximum Gasteiger partial charge on any atom is 0.230 e. The van der Waals surface area contributed by atoms with E-state index in [4.69, 9.17) is 6.42 Å². The number of benzene rings is 1. The minimum Gasteiger partial charge on any atom is -0.282 e. The van der Waals surface area contributed by atoms with E-state index < -0.39 is 9.84 Å². The average Bonchev–Trinajstić information content (AvgIpc) is 3.22. The zero-order chi connectivity index (χ0) is 20.3. The summed E-state index contributed by atoms with van der Waals surface area (Å²) < 4.78 is 23.6. The lowest BCUT2D eigenvalue weighted by atomic mass is 10.2. The number of hydrogen-bond donors (Lipinski definition) is 0. The third-order valence-corrected chi connectivity index (χ3v) is 7.35. The van der Waals surface area contributed by atoms with E-state index in [1.807, 2.05) is 41.5 Å². The lowest BCUT2D eigenvalue weighted by Gasteiger charge is -2.25. The van der Waals surface area contributed by atoms with Crippen molar-refractivity contribution < 1.29 is 13.2 Å². The predicted molar refractivity (Wildman–Crippen MR) is 112 cm³/mol. The van der Waals surface area contributed by atoms with Crippen LogP contribution in [0.5, 0.6) is 0 Å². The fraction of sp³-hybridized carbons (Fsp3) is 0.400. The second-order valence-electron chi connectivity index (χ2n) is 6.98. The molecule has 6 nitrogen and oxygen atoms in total. The highest BCUT2D eigenvalue weighted by molar-refractivity contribution is 7.91. The minimum atomic E-state index is -2.99. The van der Waals surface area contributed by atoms with Gasteiger partial charge < -0.3 is 0 Å². The molecule has 2 aromatic rings. The molecular formula is C20H23N3O3S2. The molecule has 0 radical (unpaired) electrons. The largest absolute Gasteiger partial charge is 0.282 e. The molecule has 1 aliphatic heterocycles. The van der Waals surface area contributed by atoms with Gasteiger partial charge >= 0.3 is 0 Å². The maximum atomic E-state index is 12.2. The van der Waals surface area contributed by atoms with Crippen LogP contribution in [0.1, 0.15) is 24.6 Å². The van der Waals surface area contributed by atoms with Crippen molar-refractivity contribution in [3.8, 4) is 12.3 Å². The fourth-order valence-corrected chi connectivity index (χ4v) is 5.93. The van der Waals surface area contributed by atoms with Crippen molar-refractivity contribution >= 4 is 37.9 Å². The van der Waals surface area contributed by atoms with E-state index in [0.717, 1.165) is 16.9 Å². The Hall–Kier alpha value is -2.21. The van der Waals surface area contributed by atoms with Gasteiger partial charge in [0.15, 0.2) is 15.0 Å². The number of sulfone groups is 1. The number of terminal acetylenes is 1. The first-order valence-corrected chi connectivity index (χ1v) is 11.7. The summed E-state index contributed by atoms with van der Waals surface area (Å²) in [5, 5.41) is 2.48. The quantitative estimate of drug-likeness (QED) is 0.676. The Labute approximate surface area is 170 Å². The maximum absolute atomic E-state index is 12.2. The predicted octanol–water partition coefficient (Wildman–Crippen LogP) is 2.76. The Morgan fingerprint density at radius 3 is 2.64 bits per heavy atom. The van der Waals surface area contributed by atoms with E-state index in [-0.39, 0.29) is 23.5 Å². The van der Waals surface area contributed by atoms with Crippen molar-refractivity contribution in [2.45, 2.75) is 32.9 Å². The summed E-state index contributed by atoms with van der Waals surface area (Å²) in [7, 11) is -2.99. The van der Waals surface area contributed by atoms with Gasteiger partial charge in [-0.1, -0.05) is 23.6 Å². The van der Waals surface area contributed by atoms with Crippen molar-refractivity contribution in [1.29, 1.82) is 0 Å². The molecule has 148 valence electrons. The number of amides is 1. The van der Waals surface area contributed by atoms with Crippen molar-refractivity contribution in [2.24, 2.45) is 0 Å². The number of carbonyl (C=O) groups is 1. The van der Waals surface area contributed by atoms with E-state index in [9.17, 15) is 13.2 Å². The topological polar surface area (TPSA) is 70.6 Å². The number of aryl methyl sites for hydroxylation is 1. The average molecular weight is 418 g/mol. The van der Waals surface area contributed by atoms with Crippen molar-refractivity contribution in [3.63, 3.8) is 0 Å². The monoisotopic (exact) mass is 417 g/mol. The van der Waals surface area contributed by atoms with Crippen LogP contribution in [0.2, 0.25) is 0 Å². The van der Waals surface area contributed by atoms with E-state index in [0.29, 0.717) is 24.6 Å². The lowest BCUT2D eigenvalue weighted by molar-refractivity contribution is -0.115. The van der Waals surface area contributed by atoms with Gasteiger partial charge in [0.1, 0.15) is 0 Å². The van der Waals surface area contributed by atoms with Gasteiger partial charge in [0, 0.05) is 24.9 Å². The highest BCUT2D eigenvalue weighted by Crippen LogP contribution is 2.30. The molecule has 1 amide bonds. The van der Waals surface area contributed by atoms with Crippen LogP contribution in [0.15, 0.2) is 29.6 Å². The number of hydrogen-bond acceptors (Lipinski definition) is 6. The van der Waals surface area contributed by atoms with Crippen LogP contribution in [-0.2, 0) is 21.2 Å². The summed E-state index contributed by atoms with van der Waals surface area (Å²) in [6, 6.07) is 7.61. The van der Waals surface area contributed by atoms with Gasteiger partial charge in [-0.3, -0.25) is 14.6 Å². The Morgan fingerprint density at radius 1 is 1.36 bits per heavy atom. The van der Waals surface area contributed by atoms with Crippen LogP contribution in [0.25, 0.3) is 0 Å². The molecule has 1 aromatic carbocycles. The van der Waals surface area contributed by atoms with Gasteiger partial charge in [0.05, 0.1) is 29.4 Å². The van der Waals surface area contributed by atoms with Gasteiger partial charge in [0.2, 0.25) is 5.91 Å². The zero-order valence-electron chi connectivity index (χ0n) is 16.0. The smallest absolute Gasteiger partial charge is 0.230 e. The molecule has 3 rings (SSSR count). The summed E-state index contributed by atoms with van der Waals surface area (Å²) in [4.78, 5) is 20.4. The molecule has 0 bridgehead atoms. The van der Waals surface area contributed by atoms with Gasteiger partial charge in [-0.15, -0.1) is 17.8 Å². The van der Waals surface area contributed by atoms with Gasteiger partial charge in [-0.25, -0.2) is 13.4 Å². The van der Waals surface area contributed by atoms with Gasteiger partial charge in [-0.2, -0.15) is 0 Å². The highest BCUT2D eigenvalue weighted by atomic mass is 32.2. The number of thiazole rings is 1. The van der Waals surface area contributed by atoms with Crippen LogP contribution >= 0.6 is 11.3 Å². The number of nitrogens with zero attached hydrogens (tertiary/aromatic N) is 3. The summed E-state index contributed by atoms with van der Waals surface area (Å²) >= 11 is 1.38. The summed E-state index contributed by atoms with van der Waals surface area (Å²) in [5.41, 5.74) is 2.66. The van der Waals surface area contributed by atoms with E-state index >= 15 is 0 Å². The first-order valence-electron chi connectivity index (χ1n) is 8.99. The van der Waals surface area contributed by atoms with E-state index in [1.165, 1.54) is 18.3 Å². The molecule has 8 heteroatoms. The Balaban J connectivity index is 1.80. The highest BCUT2D eigenvalue weighted by Gasteiger charge is 2.32. The van der Waals surface area contributed by atoms with Crippen molar-refractivity contribution in [3.05, 3.63) is 40.9 Å². The molecule has 1 aromatic heterocycles. The SMILES string of the molecule is C#CCN(Cc1csc(N(C(C)=O)c2ccc(C)cc2)n1)C1CCS(=O)(=O)C1. The Morgan fingerprint density at radius 2 is 2.07 bits per heavy atom. The van der Waals surface area contributed by atoms with Crippen LogP contribution < -0.4 is 4.90 Å². The number of anilines is 2. The number of rotatable bonds is 6. The molecule has 0 spiro atoms. The third-order valence-electron chi connectivity index (χ3n) is 4.72. The van der Waals surface area contributed by atoms with E-state index in [1.54, 1.807) is 4.90 Å². The molecule has 1 saturated heterocycles. The Bertz CT molecular complexity index is 990. The second-order valence-corrected chi connectivity index (χ2v) is 10.0. The zero-order valence-corrected chi connectivity index (χ0v) is 17.6. The van der Waals surface area contributed by atoms with Crippen LogP contribution in [0.3, 0.4) is 0 Å². The van der Waals surface area contributed by atoms with Crippen LogP contribution in [-0.4, -0.2) is 48.3 Å². The summed E-state index contributed by atoms with van der Waals surface area (Å²) in [6.07, 6.45) is 6.08. The number of aromatic nitrogens is 1. The first kappa shape index (κ1) is 20.5. The summed E-state index contributed by atoms with van der Waals surface area (Å²) in [5.74, 6) is 2.83. The van der Waals surface area contributed by atoms with Crippen LogP contribution in [0.4, 0.5) is 10.8 Å². The fourth-order valence-electron chi connectivity index (χ4n) is 3.30.